The van der Waals surface area contributed by atoms with Gasteiger partial charge < -0.3 is 5.11 Å². The summed E-state index contributed by atoms with van der Waals surface area (Å²) in [5.41, 5.74) is 0. The minimum atomic E-state index is 0.369. The van der Waals surface area contributed by atoms with E-state index in [2.05, 4.69) is 4.90 Å². The fraction of sp³-hybridized carbons (Fsp3) is 1.00. The van der Waals surface area contributed by atoms with E-state index in [1.807, 2.05) is 0 Å². The summed E-state index contributed by atoms with van der Waals surface area (Å²) in [6.45, 7) is 1.66. The van der Waals surface area contributed by atoms with Crippen molar-refractivity contribution in [3.05, 3.63) is 0 Å². The molecule has 12 heavy (non-hydrogen) atoms. The minimum absolute atomic E-state index is 0.369. The second-order valence-corrected chi connectivity index (χ2v) is 4.13. The van der Waals surface area contributed by atoms with Gasteiger partial charge in [0.1, 0.15) is 0 Å². The third-order valence-electron chi connectivity index (χ3n) is 3.43. The summed E-state index contributed by atoms with van der Waals surface area (Å²) in [5, 5.41) is 8.91. The Morgan fingerprint density at radius 1 is 1.17 bits per heavy atom. The molecule has 2 aliphatic rings. The Hall–Kier alpha value is -0.0800. The molecule has 2 fully saturated rings. The van der Waals surface area contributed by atoms with E-state index in [1.165, 1.54) is 38.6 Å². The van der Waals surface area contributed by atoms with Crippen molar-refractivity contribution in [2.75, 3.05) is 13.2 Å². The lowest BCUT2D eigenvalue weighted by atomic mass is 9.95. The third kappa shape index (κ3) is 1.50. The van der Waals surface area contributed by atoms with Crippen LogP contribution in [0.2, 0.25) is 0 Å². The van der Waals surface area contributed by atoms with Crippen LogP contribution in [0.25, 0.3) is 0 Å². The quantitative estimate of drug-likeness (QED) is 0.675. The fourth-order valence-corrected chi connectivity index (χ4v) is 2.86. The van der Waals surface area contributed by atoms with Gasteiger partial charge in [-0.2, -0.15) is 0 Å². The molecule has 2 saturated heterocycles. The van der Waals surface area contributed by atoms with Crippen molar-refractivity contribution < 1.29 is 5.11 Å². The van der Waals surface area contributed by atoms with E-state index in [9.17, 15) is 0 Å². The lowest BCUT2D eigenvalue weighted by Gasteiger charge is -2.37. The average molecular weight is 169 g/mol. The average Bonchev–Trinajstić information content (AvgIpc) is 2.53. The van der Waals surface area contributed by atoms with Crippen molar-refractivity contribution in [3.8, 4) is 0 Å². The SMILES string of the molecule is OCC[C@H]1CCC[C@@H]2CCCN21. The molecule has 2 heterocycles. The van der Waals surface area contributed by atoms with Crippen molar-refractivity contribution in [1.29, 1.82) is 0 Å². The van der Waals surface area contributed by atoms with Crippen molar-refractivity contribution in [2.45, 2.75) is 50.6 Å². The Kier molecular flexibility index (Phi) is 2.66. The number of aliphatic hydroxyl groups is 1. The molecule has 70 valence electrons. The van der Waals surface area contributed by atoms with Gasteiger partial charge in [-0.15, -0.1) is 0 Å². The summed E-state index contributed by atoms with van der Waals surface area (Å²) in [7, 11) is 0. The Morgan fingerprint density at radius 2 is 2.00 bits per heavy atom. The number of fused-ring (bicyclic) bond motifs is 1. The molecule has 0 saturated carbocycles. The molecular weight excluding hydrogens is 150 g/mol. The summed E-state index contributed by atoms with van der Waals surface area (Å²) < 4.78 is 0. The first-order chi connectivity index (χ1) is 5.92. The van der Waals surface area contributed by atoms with E-state index in [0.29, 0.717) is 12.6 Å². The molecule has 2 rings (SSSR count). The topological polar surface area (TPSA) is 23.5 Å². The summed E-state index contributed by atoms with van der Waals surface area (Å²) in [5.74, 6) is 0. The molecule has 2 nitrogen and oxygen atoms in total. The van der Waals surface area contributed by atoms with Crippen LogP contribution in [0.1, 0.15) is 38.5 Å². The zero-order valence-corrected chi connectivity index (χ0v) is 7.71. The monoisotopic (exact) mass is 169 g/mol. The highest BCUT2D eigenvalue weighted by molar-refractivity contribution is 4.88. The first-order valence-corrected chi connectivity index (χ1v) is 5.28. The molecule has 1 N–H and O–H groups in total. The highest BCUT2D eigenvalue weighted by Crippen LogP contribution is 2.31. The third-order valence-corrected chi connectivity index (χ3v) is 3.43. The number of piperidine rings is 1. The molecule has 0 aromatic rings. The van der Waals surface area contributed by atoms with E-state index >= 15 is 0 Å². The molecule has 0 spiro atoms. The summed E-state index contributed by atoms with van der Waals surface area (Å²) in [6, 6.07) is 1.58. The van der Waals surface area contributed by atoms with E-state index in [4.69, 9.17) is 5.11 Å². The van der Waals surface area contributed by atoms with Crippen molar-refractivity contribution in [2.24, 2.45) is 0 Å². The summed E-state index contributed by atoms with van der Waals surface area (Å²) in [6.07, 6.45) is 7.88. The molecule has 0 aromatic carbocycles. The Labute approximate surface area is 74.6 Å². The molecule has 0 bridgehead atoms. The zero-order chi connectivity index (χ0) is 8.39. The second kappa shape index (κ2) is 3.75. The van der Waals surface area contributed by atoms with Gasteiger partial charge >= 0.3 is 0 Å². The number of nitrogens with zero attached hydrogens (tertiary/aromatic N) is 1. The predicted molar refractivity (Wildman–Crippen MR) is 49.1 cm³/mol. The largest absolute Gasteiger partial charge is 0.396 e. The van der Waals surface area contributed by atoms with Crippen LogP contribution in [-0.2, 0) is 0 Å². The van der Waals surface area contributed by atoms with Crippen LogP contribution >= 0.6 is 0 Å². The first-order valence-electron chi connectivity index (χ1n) is 5.28. The maximum Gasteiger partial charge on any atom is 0.0445 e. The Morgan fingerprint density at radius 3 is 2.83 bits per heavy atom. The molecule has 0 radical (unpaired) electrons. The van der Waals surface area contributed by atoms with Gasteiger partial charge in [0.25, 0.3) is 0 Å². The predicted octanol–water partition coefficient (Wildman–Crippen LogP) is 1.39. The Balaban J connectivity index is 1.94. The molecule has 2 aliphatic heterocycles. The number of aliphatic hydroxyl groups excluding tert-OH is 1. The summed E-state index contributed by atoms with van der Waals surface area (Å²) in [4.78, 5) is 2.64. The summed E-state index contributed by atoms with van der Waals surface area (Å²) >= 11 is 0. The van der Waals surface area contributed by atoms with Gasteiger partial charge in [-0.25, -0.2) is 0 Å². The van der Waals surface area contributed by atoms with Crippen LogP contribution in [0.15, 0.2) is 0 Å². The van der Waals surface area contributed by atoms with Gasteiger partial charge in [-0.3, -0.25) is 4.90 Å². The van der Waals surface area contributed by atoms with Crippen molar-refractivity contribution >= 4 is 0 Å². The van der Waals surface area contributed by atoms with E-state index in [-0.39, 0.29) is 0 Å². The number of rotatable bonds is 2. The normalized spacial score (nSPS) is 36.8. The van der Waals surface area contributed by atoms with E-state index in [1.54, 1.807) is 0 Å². The Bertz CT molecular complexity index is 147. The van der Waals surface area contributed by atoms with Crippen molar-refractivity contribution in [3.63, 3.8) is 0 Å². The van der Waals surface area contributed by atoms with Crippen LogP contribution < -0.4 is 0 Å². The van der Waals surface area contributed by atoms with Gasteiger partial charge in [0.2, 0.25) is 0 Å². The molecule has 2 atom stereocenters. The second-order valence-electron chi connectivity index (χ2n) is 4.13. The van der Waals surface area contributed by atoms with Gasteiger partial charge in [0.15, 0.2) is 0 Å². The molecule has 0 aliphatic carbocycles. The molecule has 2 heteroatoms. The molecule has 0 aromatic heterocycles. The zero-order valence-electron chi connectivity index (χ0n) is 7.71. The van der Waals surface area contributed by atoms with Crippen LogP contribution in [0, 0.1) is 0 Å². The van der Waals surface area contributed by atoms with E-state index < -0.39 is 0 Å². The van der Waals surface area contributed by atoms with Gasteiger partial charge in [-0.1, -0.05) is 6.42 Å². The first kappa shape index (κ1) is 8.52. The van der Waals surface area contributed by atoms with Crippen LogP contribution in [0.3, 0.4) is 0 Å². The lowest BCUT2D eigenvalue weighted by molar-refractivity contribution is 0.0995. The molecular formula is C10H19NO. The maximum absolute atomic E-state index is 8.91. The fourth-order valence-electron chi connectivity index (χ4n) is 2.86. The molecule has 0 unspecified atom stereocenters. The van der Waals surface area contributed by atoms with Crippen LogP contribution in [0.5, 0.6) is 0 Å². The number of hydrogen-bond donors (Lipinski definition) is 1. The minimum Gasteiger partial charge on any atom is -0.396 e. The standard InChI is InChI=1S/C10H19NO/c12-8-6-10-4-1-3-9-5-2-7-11(9)10/h9-10,12H,1-8H2/t9-,10-/m1/s1. The van der Waals surface area contributed by atoms with Crippen molar-refractivity contribution in [1.82, 2.24) is 4.90 Å². The van der Waals surface area contributed by atoms with Crippen LogP contribution in [0.4, 0.5) is 0 Å². The maximum atomic E-state index is 8.91. The highest BCUT2D eigenvalue weighted by Gasteiger charge is 2.32. The molecule has 0 amide bonds. The lowest BCUT2D eigenvalue weighted by Crippen LogP contribution is -2.42. The van der Waals surface area contributed by atoms with E-state index in [0.717, 1.165) is 12.5 Å². The highest BCUT2D eigenvalue weighted by atomic mass is 16.3. The van der Waals surface area contributed by atoms with Gasteiger partial charge in [-0.05, 0) is 38.6 Å². The van der Waals surface area contributed by atoms with Gasteiger partial charge in [0, 0.05) is 18.7 Å². The smallest absolute Gasteiger partial charge is 0.0445 e. The van der Waals surface area contributed by atoms with Crippen LogP contribution in [-0.4, -0.2) is 35.2 Å². The number of hydrogen-bond acceptors (Lipinski definition) is 2. The van der Waals surface area contributed by atoms with Gasteiger partial charge in [0.05, 0.1) is 0 Å².